The van der Waals surface area contributed by atoms with E-state index in [0.29, 0.717) is 0 Å². The summed E-state index contributed by atoms with van der Waals surface area (Å²) in [5.74, 6) is 0.937. The van der Waals surface area contributed by atoms with E-state index in [0.717, 1.165) is 12.3 Å². The van der Waals surface area contributed by atoms with E-state index in [1.807, 2.05) is 12.1 Å². The summed E-state index contributed by atoms with van der Waals surface area (Å²) in [4.78, 5) is 2.45. The van der Waals surface area contributed by atoms with Crippen molar-refractivity contribution < 1.29 is 4.74 Å². The maximum Gasteiger partial charge on any atom is 0.118 e. The van der Waals surface area contributed by atoms with Crippen molar-refractivity contribution in [1.29, 1.82) is 0 Å². The molecule has 0 bridgehead atoms. The van der Waals surface area contributed by atoms with Gasteiger partial charge in [0.25, 0.3) is 0 Å². The molecular weight excluding hydrogens is 162 g/mol. The average molecular weight is 177 g/mol. The third kappa shape index (κ3) is 2.01. The molecule has 13 heavy (non-hydrogen) atoms. The van der Waals surface area contributed by atoms with Gasteiger partial charge in [0.05, 0.1) is 7.11 Å². The second-order valence-corrected chi connectivity index (χ2v) is 3.48. The van der Waals surface area contributed by atoms with Crippen LogP contribution in [0.3, 0.4) is 0 Å². The number of ether oxygens (including phenoxy) is 1. The quantitative estimate of drug-likeness (QED) is 0.699. The van der Waals surface area contributed by atoms with Gasteiger partial charge in [-0.2, -0.15) is 0 Å². The molecule has 0 spiro atoms. The first-order valence-electron chi connectivity index (χ1n) is 4.74. The van der Waals surface area contributed by atoms with E-state index >= 15 is 0 Å². The lowest BCUT2D eigenvalue weighted by atomic mass is 10.1. The lowest BCUT2D eigenvalue weighted by Gasteiger charge is -2.30. The molecule has 0 amide bonds. The van der Waals surface area contributed by atoms with Crippen molar-refractivity contribution in [3.8, 4) is 5.75 Å². The van der Waals surface area contributed by atoms with Crippen molar-refractivity contribution >= 4 is 0 Å². The number of methoxy groups -OCH3 is 1. The molecule has 70 valence electrons. The minimum Gasteiger partial charge on any atom is -0.497 e. The number of nitrogens with zero attached hydrogens (tertiary/aromatic N) is 1. The minimum absolute atomic E-state index is 0.937. The van der Waals surface area contributed by atoms with E-state index < -0.39 is 0 Å². The summed E-state index contributed by atoms with van der Waals surface area (Å²) in [6.07, 6.45) is 1.36. The minimum atomic E-state index is 0.937. The van der Waals surface area contributed by atoms with Gasteiger partial charge in [-0.1, -0.05) is 12.1 Å². The number of rotatable bonds is 3. The van der Waals surface area contributed by atoms with Crippen LogP contribution in [-0.2, 0) is 6.54 Å². The Morgan fingerprint density at radius 2 is 1.92 bits per heavy atom. The van der Waals surface area contributed by atoms with Crippen LogP contribution in [0.2, 0.25) is 0 Å². The van der Waals surface area contributed by atoms with Gasteiger partial charge in [0, 0.05) is 6.54 Å². The van der Waals surface area contributed by atoms with E-state index in [1.165, 1.54) is 25.1 Å². The molecule has 1 heterocycles. The normalized spacial score (nSPS) is 16.7. The summed E-state index contributed by atoms with van der Waals surface area (Å²) in [6.45, 7) is 3.60. The van der Waals surface area contributed by atoms with Gasteiger partial charge in [-0.05, 0) is 37.2 Å². The molecule has 1 aliphatic heterocycles. The topological polar surface area (TPSA) is 12.5 Å². The van der Waals surface area contributed by atoms with Gasteiger partial charge >= 0.3 is 0 Å². The van der Waals surface area contributed by atoms with Gasteiger partial charge in [0.2, 0.25) is 0 Å². The van der Waals surface area contributed by atoms with Gasteiger partial charge in [-0.25, -0.2) is 0 Å². The van der Waals surface area contributed by atoms with Gasteiger partial charge in [0.1, 0.15) is 5.75 Å². The van der Waals surface area contributed by atoms with E-state index in [-0.39, 0.29) is 0 Å². The summed E-state index contributed by atoms with van der Waals surface area (Å²) in [5, 5.41) is 0. The van der Waals surface area contributed by atoms with Crippen LogP contribution in [0.15, 0.2) is 24.3 Å². The van der Waals surface area contributed by atoms with Crippen LogP contribution in [0.4, 0.5) is 0 Å². The molecule has 0 radical (unpaired) electrons. The van der Waals surface area contributed by atoms with E-state index in [9.17, 15) is 0 Å². The number of benzene rings is 1. The maximum absolute atomic E-state index is 5.10. The maximum atomic E-state index is 5.10. The fourth-order valence-electron chi connectivity index (χ4n) is 1.53. The van der Waals surface area contributed by atoms with Crippen LogP contribution < -0.4 is 4.74 Å². The Balaban J connectivity index is 1.96. The van der Waals surface area contributed by atoms with E-state index in [2.05, 4.69) is 17.0 Å². The Morgan fingerprint density at radius 1 is 1.23 bits per heavy atom. The molecule has 1 aliphatic rings. The molecule has 1 saturated heterocycles. The molecule has 1 fully saturated rings. The van der Waals surface area contributed by atoms with Crippen molar-refractivity contribution in [2.45, 2.75) is 13.0 Å². The van der Waals surface area contributed by atoms with Gasteiger partial charge in [0.15, 0.2) is 0 Å². The Hall–Kier alpha value is -1.02. The van der Waals surface area contributed by atoms with Crippen molar-refractivity contribution in [3.63, 3.8) is 0 Å². The second kappa shape index (κ2) is 3.79. The third-order valence-corrected chi connectivity index (χ3v) is 2.51. The van der Waals surface area contributed by atoms with Crippen LogP contribution in [0.5, 0.6) is 5.75 Å². The SMILES string of the molecule is COc1ccc(CN2CCC2)cc1. The Bertz CT molecular complexity index is 264. The van der Waals surface area contributed by atoms with Gasteiger partial charge < -0.3 is 4.74 Å². The lowest BCUT2D eigenvalue weighted by Crippen LogP contribution is -2.36. The molecule has 0 atom stereocenters. The first kappa shape index (κ1) is 8.57. The van der Waals surface area contributed by atoms with Gasteiger partial charge in [-0.3, -0.25) is 4.90 Å². The van der Waals surface area contributed by atoms with Crippen LogP contribution in [0.1, 0.15) is 12.0 Å². The Labute approximate surface area is 79.1 Å². The highest BCUT2D eigenvalue weighted by molar-refractivity contribution is 5.27. The summed E-state index contributed by atoms with van der Waals surface area (Å²) in [6, 6.07) is 8.32. The lowest BCUT2D eigenvalue weighted by molar-refractivity contribution is 0.172. The zero-order chi connectivity index (χ0) is 9.10. The van der Waals surface area contributed by atoms with Crippen LogP contribution in [0, 0.1) is 0 Å². The van der Waals surface area contributed by atoms with Crippen molar-refractivity contribution in [1.82, 2.24) is 4.90 Å². The van der Waals surface area contributed by atoms with E-state index in [1.54, 1.807) is 7.11 Å². The zero-order valence-corrected chi connectivity index (χ0v) is 7.99. The highest BCUT2D eigenvalue weighted by atomic mass is 16.5. The standard InChI is InChI=1S/C11H15NO/c1-13-11-5-3-10(4-6-11)9-12-7-2-8-12/h3-6H,2,7-9H2,1H3. The molecule has 1 aromatic carbocycles. The number of hydrogen-bond donors (Lipinski definition) is 0. The van der Waals surface area contributed by atoms with Crippen molar-refractivity contribution in [3.05, 3.63) is 29.8 Å². The largest absolute Gasteiger partial charge is 0.497 e. The van der Waals surface area contributed by atoms with Crippen LogP contribution in [-0.4, -0.2) is 25.1 Å². The first-order chi connectivity index (χ1) is 6.38. The highest BCUT2D eigenvalue weighted by Gasteiger charge is 2.13. The van der Waals surface area contributed by atoms with Crippen LogP contribution in [0.25, 0.3) is 0 Å². The summed E-state index contributed by atoms with van der Waals surface area (Å²) < 4.78 is 5.10. The molecule has 0 N–H and O–H groups in total. The Morgan fingerprint density at radius 3 is 2.38 bits per heavy atom. The fraction of sp³-hybridized carbons (Fsp3) is 0.455. The van der Waals surface area contributed by atoms with Crippen molar-refractivity contribution in [2.24, 2.45) is 0 Å². The first-order valence-corrected chi connectivity index (χ1v) is 4.74. The van der Waals surface area contributed by atoms with Crippen LogP contribution >= 0.6 is 0 Å². The number of hydrogen-bond acceptors (Lipinski definition) is 2. The fourth-order valence-corrected chi connectivity index (χ4v) is 1.53. The third-order valence-electron chi connectivity index (χ3n) is 2.51. The highest BCUT2D eigenvalue weighted by Crippen LogP contribution is 2.15. The summed E-state index contributed by atoms with van der Waals surface area (Å²) >= 11 is 0. The monoisotopic (exact) mass is 177 g/mol. The molecule has 1 aromatic rings. The second-order valence-electron chi connectivity index (χ2n) is 3.48. The average Bonchev–Trinajstić information content (AvgIpc) is 2.12. The molecule has 0 saturated carbocycles. The molecule has 2 heteroatoms. The zero-order valence-electron chi connectivity index (χ0n) is 7.99. The Kier molecular flexibility index (Phi) is 2.50. The number of likely N-dealkylation sites (tertiary alicyclic amines) is 1. The predicted molar refractivity (Wildman–Crippen MR) is 52.9 cm³/mol. The summed E-state index contributed by atoms with van der Waals surface area (Å²) in [5.41, 5.74) is 1.38. The molecule has 2 rings (SSSR count). The van der Waals surface area contributed by atoms with Crippen molar-refractivity contribution in [2.75, 3.05) is 20.2 Å². The molecule has 0 unspecified atom stereocenters. The smallest absolute Gasteiger partial charge is 0.118 e. The van der Waals surface area contributed by atoms with E-state index in [4.69, 9.17) is 4.74 Å². The molecular formula is C11H15NO. The molecule has 0 aromatic heterocycles. The predicted octanol–water partition coefficient (Wildman–Crippen LogP) is 1.90. The van der Waals surface area contributed by atoms with Gasteiger partial charge in [-0.15, -0.1) is 0 Å². The molecule has 0 aliphatic carbocycles. The molecule has 2 nitrogen and oxygen atoms in total. The summed E-state index contributed by atoms with van der Waals surface area (Å²) in [7, 11) is 1.70.